The van der Waals surface area contributed by atoms with Gasteiger partial charge in [-0.1, -0.05) is 46.6 Å². The molecule has 1 aromatic heterocycles. The number of hydrogen-bond donors (Lipinski definition) is 0. The Hall–Kier alpha value is -2.38. The lowest BCUT2D eigenvalue weighted by atomic mass is 10.1. The highest BCUT2D eigenvalue weighted by atomic mass is 35.5. The molecule has 0 fully saturated rings. The number of aromatic nitrogens is 2. The van der Waals surface area contributed by atoms with Gasteiger partial charge in [-0.3, -0.25) is 4.79 Å². The molecule has 146 valence electrons. The molecule has 0 aliphatic carbocycles. The number of carbonyl (C=O) groups excluding carboxylic acids is 1. The molecule has 5 nitrogen and oxygen atoms in total. The quantitative estimate of drug-likeness (QED) is 0.532. The van der Waals surface area contributed by atoms with Crippen LogP contribution in [0.15, 0.2) is 46.0 Å². The van der Waals surface area contributed by atoms with Gasteiger partial charge in [0, 0.05) is 29.7 Å². The number of amides is 1. The van der Waals surface area contributed by atoms with Crippen LogP contribution in [0.3, 0.4) is 0 Å². The molecule has 0 spiro atoms. The third-order valence-corrected chi connectivity index (χ3v) is 5.23. The Bertz CT molecular complexity index is 968. The minimum atomic E-state index is -0.435. The van der Waals surface area contributed by atoms with Crippen LogP contribution in [0.5, 0.6) is 0 Å². The molecule has 0 saturated carbocycles. The van der Waals surface area contributed by atoms with E-state index in [4.69, 9.17) is 16.0 Å². The topological polar surface area (TPSA) is 59.2 Å². The first-order valence-corrected chi connectivity index (χ1v) is 9.91. The molecule has 8 heteroatoms. The monoisotopic (exact) mass is 419 g/mol. The molecule has 0 aliphatic heterocycles. The first-order chi connectivity index (χ1) is 13.3. The van der Waals surface area contributed by atoms with Crippen molar-refractivity contribution in [1.82, 2.24) is 15.1 Å². The fraction of sp³-hybridized carbons (Fsp3) is 0.250. The first kappa shape index (κ1) is 20.4. The van der Waals surface area contributed by atoms with Crippen LogP contribution in [0, 0.1) is 19.7 Å². The van der Waals surface area contributed by atoms with Gasteiger partial charge in [0.05, 0.1) is 5.75 Å². The van der Waals surface area contributed by atoms with Crippen molar-refractivity contribution in [2.75, 3.05) is 12.8 Å². The van der Waals surface area contributed by atoms with Crippen LogP contribution >= 0.6 is 23.4 Å². The Kier molecular flexibility index (Phi) is 6.36. The Morgan fingerprint density at radius 3 is 2.61 bits per heavy atom. The van der Waals surface area contributed by atoms with Crippen molar-refractivity contribution in [1.29, 1.82) is 0 Å². The number of carbonyl (C=O) groups is 1. The lowest BCUT2D eigenvalue weighted by molar-refractivity contribution is -0.127. The highest BCUT2D eigenvalue weighted by Crippen LogP contribution is 2.25. The van der Waals surface area contributed by atoms with E-state index < -0.39 is 5.82 Å². The van der Waals surface area contributed by atoms with E-state index in [0.717, 1.165) is 28.5 Å². The second kappa shape index (κ2) is 8.75. The van der Waals surface area contributed by atoms with Gasteiger partial charge in [-0.05, 0) is 38.1 Å². The Balaban J connectivity index is 1.61. The molecule has 2 aromatic carbocycles. The van der Waals surface area contributed by atoms with Gasteiger partial charge >= 0.3 is 0 Å². The first-order valence-electron chi connectivity index (χ1n) is 8.55. The minimum absolute atomic E-state index is 0.0859. The predicted octanol–water partition coefficient (Wildman–Crippen LogP) is 4.90. The van der Waals surface area contributed by atoms with E-state index in [0.29, 0.717) is 21.7 Å². The highest BCUT2D eigenvalue weighted by Gasteiger charge is 2.17. The maximum absolute atomic E-state index is 13.9. The number of rotatable bonds is 6. The summed E-state index contributed by atoms with van der Waals surface area (Å²) >= 11 is 7.16. The molecule has 28 heavy (non-hydrogen) atoms. The van der Waals surface area contributed by atoms with E-state index in [1.54, 1.807) is 13.1 Å². The zero-order valence-electron chi connectivity index (χ0n) is 15.7. The molecular formula is C20H19ClFN3O2S. The van der Waals surface area contributed by atoms with Gasteiger partial charge in [0.15, 0.2) is 0 Å². The molecule has 0 aliphatic rings. The second-order valence-electron chi connectivity index (χ2n) is 6.49. The molecule has 3 aromatic rings. The molecule has 3 rings (SSSR count). The SMILES string of the molecule is Cc1cc(C)cc(-c2nnc(SCC(=O)N(C)Cc3c(F)cccc3Cl)o2)c1. The summed E-state index contributed by atoms with van der Waals surface area (Å²) in [6, 6.07) is 10.4. The van der Waals surface area contributed by atoms with Gasteiger partial charge < -0.3 is 9.32 Å². The molecule has 0 N–H and O–H groups in total. The summed E-state index contributed by atoms with van der Waals surface area (Å²) in [4.78, 5) is 13.8. The van der Waals surface area contributed by atoms with Gasteiger partial charge in [0.25, 0.3) is 5.22 Å². The number of aryl methyl sites for hydroxylation is 2. The van der Waals surface area contributed by atoms with E-state index >= 15 is 0 Å². The number of nitrogens with zero attached hydrogens (tertiary/aromatic N) is 3. The number of benzene rings is 2. The van der Waals surface area contributed by atoms with Crippen LogP contribution in [-0.2, 0) is 11.3 Å². The summed E-state index contributed by atoms with van der Waals surface area (Å²) in [5, 5.41) is 8.64. The average Bonchev–Trinajstić information content (AvgIpc) is 3.11. The molecular weight excluding hydrogens is 401 g/mol. The standard InChI is InChI=1S/C20H19ClFN3O2S/c1-12-7-13(2)9-14(8-12)19-23-24-20(27-19)28-11-18(26)25(3)10-15-16(21)5-4-6-17(15)22/h4-9H,10-11H2,1-3H3. The van der Waals surface area contributed by atoms with Crippen molar-refractivity contribution in [3.05, 3.63) is 63.9 Å². The number of thioether (sulfide) groups is 1. The van der Waals surface area contributed by atoms with Crippen molar-refractivity contribution in [2.24, 2.45) is 0 Å². The van der Waals surface area contributed by atoms with Crippen LogP contribution in [0.4, 0.5) is 4.39 Å². The van der Waals surface area contributed by atoms with Crippen molar-refractivity contribution in [3.8, 4) is 11.5 Å². The average molecular weight is 420 g/mol. The van der Waals surface area contributed by atoms with Crippen LogP contribution in [0.2, 0.25) is 5.02 Å². The molecule has 0 radical (unpaired) electrons. The number of hydrogen-bond acceptors (Lipinski definition) is 5. The highest BCUT2D eigenvalue weighted by molar-refractivity contribution is 7.99. The Morgan fingerprint density at radius 2 is 1.93 bits per heavy atom. The summed E-state index contributed by atoms with van der Waals surface area (Å²) in [6.07, 6.45) is 0. The summed E-state index contributed by atoms with van der Waals surface area (Å²) in [5.74, 6) is -0.129. The fourth-order valence-electron chi connectivity index (χ4n) is 2.73. The molecule has 1 heterocycles. The lowest BCUT2D eigenvalue weighted by Gasteiger charge is -2.17. The molecule has 0 bridgehead atoms. The maximum Gasteiger partial charge on any atom is 0.277 e. The fourth-order valence-corrected chi connectivity index (χ4v) is 3.65. The van der Waals surface area contributed by atoms with Gasteiger partial charge in [-0.25, -0.2) is 4.39 Å². The Morgan fingerprint density at radius 1 is 1.21 bits per heavy atom. The summed E-state index contributed by atoms with van der Waals surface area (Å²) in [7, 11) is 1.60. The van der Waals surface area contributed by atoms with Crippen LogP contribution < -0.4 is 0 Å². The summed E-state index contributed by atoms with van der Waals surface area (Å²) in [5.41, 5.74) is 3.34. The molecule has 0 atom stereocenters. The summed E-state index contributed by atoms with van der Waals surface area (Å²) in [6.45, 7) is 4.08. The third kappa shape index (κ3) is 4.91. The zero-order valence-corrected chi connectivity index (χ0v) is 17.3. The second-order valence-corrected chi connectivity index (χ2v) is 7.82. The normalized spacial score (nSPS) is 10.9. The maximum atomic E-state index is 13.9. The van der Waals surface area contributed by atoms with Gasteiger partial charge in [-0.2, -0.15) is 0 Å². The van der Waals surface area contributed by atoms with Crippen LogP contribution in [0.1, 0.15) is 16.7 Å². The molecule has 1 amide bonds. The largest absolute Gasteiger partial charge is 0.411 e. The van der Waals surface area contributed by atoms with Crippen molar-refractivity contribution in [3.63, 3.8) is 0 Å². The number of halogens is 2. The third-order valence-electron chi connectivity index (χ3n) is 4.08. The van der Waals surface area contributed by atoms with Crippen molar-refractivity contribution in [2.45, 2.75) is 25.6 Å². The van der Waals surface area contributed by atoms with E-state index in [1.807, 2.05) is 26.0 Å². The van der Waals surface area contributed by atoms with Crippen LogP contribution in [-0.4, -0.2) is 33.8 Å². The van der Waals surface area contributed by atoms with E-state index in [9.17, 15) is 9.18 Å². The molecule has 0 unspecified atom stereocenters. The Labute approximate surface area is 171 Å². The minimum Gasteiger partial charge on any atom is -0.411 e. The molecule has 0 saturated heterocycles. The van der Waals surface area contributed by atoms with Gasteiger partial charge in [0.1, 0.15) is 5.82 Å². The van der Waals surface area contributed by atoms with Gasteiger partial charge in [0.2, 0.25) is 11.8 Å². The summed E-state index contributed by atoms with van der Waals surface area (Å²) < 4.78 is 19.5. The van der Waals surface area contributed by atoms with Gasteiger partial charge in [-0.15, -0.1) is 10.2 Å². The van der Waals surface area contributed by atoms with Crippen LogP contribution in [0.25, 0.3) is 11.5 Å². The lowest BCUT2D eigenvalue weighted by Crippen LogP contribution is -2.28. The van der Waals surface area contributed by atoms with Crippen molar-refractivity contribution < 1.29 is 13.6 Å². The van der Waals surface area contributed by atoms with E-state index in [2.05, 4.69) is 16.3 Å². The predicted molar refractivity (Wildman–Crippen MR) is 108 cm³/mol. The van der Waals surface area contributed by atoms with E-state index in [-0.39, 0.29) is 18.2 Å². The zero-order chi connectivity index (χ0) is 20.3. The van der Waals surface area contributed by atoms with Crippen molar-refractivity contribution >= 4 is 29.3 Å². The van der Waals surface area contributed by atoms with E-state index in [1.165, 1.54) is 17.0 Å². The smallest absolute Gasteiger partial charge is 0.277 e.